The molecule has 3 aliphatic carbocycles. The van der Waals surface area contributed by atoms with Crippen molar-refractivity contribution in [2.24, 2.45) is 53.3 Å². The van der Waals surface area contributed by atoms with Crippen molar-refractivity contribution in [3.63, 3.8) is 0 Å². The van der Waals surface area contributed by atoms with Crippen LogP contribution in [0.2, 0.25) is 0 Å². The number of aromatic nitrogens is 1. The van der Waals surface area contributed by atoms with Gasteiger partial charge in [-0.15, -0.1) is 0 Å². The zero-order valence-corrected chi connectivity index (χ0v) is 41.0. The molecule has 1 aromatic carbocycles. The van der Waals surface area contributed by atoms with Gasteiger partial charge in [0.2, 0.25) is 0 Å². The van der Waals surface area contributed by atoms with Gasteiger partial charge in [0.1, 0.15) is 16.6 Å². The molecule has 0 saturated heterocycles. The lowest BCUT2D eigenvalue weighted by molar-refractivity contribution is -0.166. The third-order valence-electron chi connectivity index (χ3n) is 16.9. The van der Waals surface area contributed by atoms with E-state index in [1.54, 1.807) is 0 Å². The highest BCUT2D eigenvalue weighted by Crippen LogP contribution is 2.49. The minimum absolute atomic E-state index is 0.0460. The first-order chi connectivity index (χ1) is 30.3. The number of carboxylic acids is 3. The molecule has 64 heavy (non-hydrogen) atoms. The maximum Gasteiger partial charge on any atom is 0.324 e. The summed E-state index contributed by atoms with van der Waals surface area (Å²) in [5.41, 5.74) is 0.683. The Morgan fingerprint density at radius 3 is 1.25 bits per heavy atom. The molecule has 2 bridgehead atoms. The average molecular weight is 885 g/mol. The molecule has 0 spiro atoms. The predicted octanol–water partition coefficient (Wildman–Crippen LogP) is 10.3. The quantitative estimate of drug-likeness (QED) is 0.189. The molecule has 356 valence electrons. The molecule has 9 atom stereocenters. The van der Waals surface area contributed by atoms with Gasteiger partial charge in [0.05, 0.1) is 11.4 Å². The third-order valence-corrected chi connectivity index (χ3v) is 16.9. The molecule has 2 heterocycles. The Hall–Kier alpha value is -3.34. The van der Waals surface area contributed by atoms with Crippen LogP contribution in [-0.2, 0) is 40.3 Å². The van der Waals surface area contributed by atoms with E-state index in [2.05, 4.69) is 113 Å². The monoisotopic (exact) mass is 885 g/mol. The van der Waals surface area contributed by atoms with Crippen LogP contribution in [0.4, 0.5) is 0 Å². The lowest BCUT2D eigenvalue weighted by atomic mass is 9.63. The Morgan fingerprint density at radius 1 is 0.547 bits per heavy atom. The van der Waals surface area contributed by atoms with Crippen molar-refractivity contribution in [1.29, 1.82) is 0 Å². The van der Waals surface area contributed by atoms with Crippen molar-refractivity contribution in [2.75, 3.05) is 26.2 Å². The van der Waals surface area contributed by atoms with Crippen LogP contribution in [0.1, 0.15) is 155 Å². The van der Waals surface area contributed by atoms with E-state index in [-0.39, 0.29) is 53.3 Å². The number of benzene rings is 1. The zero-order valence-electron chi connectivity index (χ0n) is 41.0. The average Bonchev–Trinajstić information content (AvgIpc) is 3.23. The molecule has 10 nitrogen and oxygen atoms in total. The maximum atomic E-state index is 14.2. The van der Waals surface area contributed by atoms with Crippen molar-refractivity contribution >= 4 is 17.9 Å². The Morgan fingerprint density at radius 2 is 0.891 bits per heavy atom. The number of hydrogen-bond donors (Lipinski definition) is 3. The van der Waals surface area contributed by atoms with E-state index in [0.29, 0.717) is 71.4 Å². The Bertz CT molecular complexity index is 1800. The van der Waals surface area contributed by atoms with E-state index in [1.807, 2.05) is 6.07 Å². The molecule has 2 aromatic rings. The number of aryl methyl sites for hydroxylation is 2. The highest BCUT2D eigenvalue weighted by Gasteiger charge is 2.57. The first-order valence-corrected chi connectivity index (χ1v) is 25.3. The second-order valence-electron chi connectivity index (χ2n) is 22.4. The van der Waals surface area contributed by atoms with Crippen LogP contribution in [0.5, 0.6) is 0 Å². The van der Waals surface area contributed by atoms with Crippen LogP contribution in [0.25, 0.3) is 0 Å². The Labute approximate surface area is 386 Å². The van der Waals surface area contributed by atoms with Crippen LogP contribution in [-0.4, -0.2) is 95.7 Å². The largest absolute Gasteiger partial charge is 0.480 e. The molecule has 10 heteroatoms. The number of fused-ring (bicyclic) bond motifs is 2. The molecule has 0 radical (unpaired) electrons. The van der Waals surface area contributed by atoms with E-state index < -0.39 is 34.5 Å². The Kier molecular flexibility index (Phi) is 16.5. The molecule has 1 aliphatic heterocycles. The number of rotatable bonds is 12. The normalized spacial score (nSPS) is 33.2. The maximum absolute atomic E-state index is 14.2. The molecular weight excluding hydrogens is 801 g/mol. The summed E-state index contributed by atoms with van der Waals surface area (Å²) in [6.07, 6.45) is 9.99. The van der Waals surface area contributed by atoms with Crippen LogP contribution in [0.3, 0.4) is 0 Å². The molecule has 0 amide bonds. The van der Waals surface area contributed by atoms with Crippen molar-refractivity contribution < 1.29 is 29.7 Å². The lowest BCUT2D eigenvalue weighted by Crippen LogP contribution is -2.65. The van der Waals surface area contributed by atoms with Crippen LogP contribution >= 0.6 is 0 Å². The lowest BCUT2D eigenvalue weighted by Gasteiger charge is -2.54. The van der Waals surface area contributed by atoms with Crippen molar-refractivity contribution in [3.05, 3.63) is 65.0 Å². The second kappa shape index (κ2) is 21.1. The summed E-state index contributed by atoms with van der Waals surface area (Å²) in [6.45, 7) is 22.3. The first kappa shape index (κ1) is 50.1. The molecule has 9 unspecified atom stereocenters. The minimum atomic E-state index is -1.12. The molecule has 6 rings (SSSR count). The van der Waals surface area contributed by atoms with E-state index in [4.69, 9.17) is 4.98 Å². The van der Waals surface area contributed by atoms with E-state index in [0.717, 1.165) is 68.3 Å². The SMILES string of the molecule is CC1CCC(C(C)C)C(C(=O)O)(N2CCCN(C3(C(=O)O)CC(C)CCC3C(C)C)Cc3cc(CCc4ccccc4)cc(n3)CN(C3(C(=O)O)CC(C)CCC3C(C)C)CCC2)C1. The highest BCUT2D eigenvalue weighted by molar-refractivity contribution is 5.81. The molecule has 3 saturated carbocycles. The van der Waals surface area contributed by atoms with Gasteiger partial charge in [-0.1, -0.05) is 112 Å². The van der Waals surface area contributed by atoms with Gasteiger partial charge in [-0.2, -0.15) is 0 Å². The number of aliphatic carboxylic acids is 3. The van der Waals surface area contributed by atoms with Crippen molar-refractivity contribution in [2.45, 2.75) is 175 Å². The zero-order chi connectivity index (χ0) is 46.6. The fraction of sp³-hybridized carbons (Fsp3) is 0.741. The van der Waals surface area contributed by atoms with E-state index in [1.165, 1.54) is 5.56 Å². The molecule has 4 aliphatic rings. The fourth-order valence-corrected chi connectivity index (χ4v) is 14.0. The van der Waals surface area contributed by atoms with Gasteiger partial charge in [0.15, 0.2) is 0 Å². The van der Waals surface area contributed by atoms with Gasteiger partial charge in [0, 0.05) is 39.3 Å². The van der Waals surface area contributed by atoms with E-state index in [9.17, 15) is 29.7 Å². The smallest absolute Gasteiger partial charge is 0.324 e. The number of hydrogen-bond acceptors (Lipinski definition) is 7. The standard InChI is InChI=1S/C54H84N4O6/c1-36(2)46-22-17-39(7)31-52(46,49(59)60)56-25-13-27-57(53(50(61)62)32-40(8)18-23-47(53)37(3)4)34-44-29-43(21-20-42-15-11-10-12-16-42)30-45(55-44)35-58(28-14-26-56)54(51(63)64)33-41(9)19-24-48(54)38(5)6/h10-12,15-16,29-30,36-41,46-48H,13-14,17-28,31-35H2,1-9H3,(H,59,60)(H,61,62)(H,63,64). The van der Waals surface area contributed by atoms with Crippen LogP contribution in [0, 0.1) is 53.3 Å². The summed E-state index contributed by atoms with van der Waals surface area (Å²) in [7, 11) is 0. The number of carbonyl (C=O) groups is 3. The summed E-state index contributed by atoms with van der Waals surface area (Å²) in [6, 6.07) is 14.8. The minimum Gasteiger partial charge on any atom is -0.480 e. The Balaban J connectivity index is 1.54. The van der Waals surface area contributed by atoms with Gasteiger partial charge in [-0.05, 0) is 141 Å². The predicted molar refractivity (Wildman–Crippen MR) is 255 cm³/mol. The summed E-state index contributed by atoms with van der Waals surface area (Å²) < 4.78 is 0. The summed E-state index contributed by atoms with van der Waals surface area (Å²) in [4.78, 5) is 54.7. The molecule has 3 N–H and O–H groups in total. The fourth-order valence-electron chi connectivity index (χ4n) is 14.0. The topological polar surface area (TPSA) is 135 Å². The number of nitrogens with zero attached hydrogens (tertiary/aromatic N) is 4. The van der Waals surface area contributed by atoms with Gasteiger partial charge < -0.3 is 15.3 Å². The van der Waals surface area contributed by atoms with Crippen LogP contribution in [0.15, 0.2) is 42.5 Å². The van der Waals surface area contributed by atoms with E-state index >= 15 is 0 Å². The summed E-state index contributed by atoms with van der Waals surface area (Å²) in [5.74, 6) is -1.34. The third kappa shape index (κ3) is 10.3. The van der Waals surface area contributed by atoms with Gasteiger partial charge in [-0.3, -0.25) is 34.1 Å². The molecule has 3 fully saturated rings. The second-order valence-corrected chi connectivity index (χ2v) is 22.4. The van der Waals surface area contributed by atoms with Crippen molar-refractivity contribution in [3.8, 4) is 0 Å². The molecular formula is C54H84N4O6. The van der Waals surface area contributed by atoms with Gasteiger partial charge in [0.25, 0.3) is 0 Å². The first-order valence-electron chi connectivity index (χ1n) is 25.3. The number of carboxylic acid groups (broad SMARTS) is 3. The highest BCUT2D eigenvalue weighted by atomic mass is 16.4. The number of pyridine rings is 1. The van der Waals surface area contributed by atoms with Crippen molar-refractivity contribution in [1.82, 2.24) is 19.7 Å². The summed E-state index contributed by atoms with van der Waals surface area (Å²) >= 11 is 0. The van der Waals surface area contributed by atoms with Crippen LogP contribution < -0.4 is 0 Å². The molecule has 1 aromatic heterocycles. The summed E-state index contributed by atoms with van der Waals surface area (Å²) in [5, 5.41) is 34.8. The van der Waals surface area contributed by atoms with Gasteiger partial charge >= 0.3 is 17.9 Å². The van der Waals surface area contributed by atoms with Gasteiger partial charge in [-0.25, -0.2) is 0 Å².